The highest BCUT2D eigenvalue weighted by atomic mass is 35.5. The van der Waals surface area contributed by atoms with Crippen LogP contribution in [0, 0.1) is 116 Å². The number of hydrogen-bond donors (Lipinski definition) is 3. The van der Waals surface area contributed by atoms with Crippen LogP contribution < -0.4 is 35.0 Å². The second kappa shape index (κ2) is 41.1. The molecule has 0 bridgehead atoms. The number of alkyl halides is 9. The Bertz CT molecular complexity index is 6760. The second-order valence-electron chi connectivity index (χ2n) is 35.2. The molecule has 35 heteroatoms. The van der Waals surface area contributed by atoms with Gasteiger partial charge in [-0.2, -0.15) is 70.9 Å². The summed E-state index contributed by atoms with van der Waals surface area (Å²) in [6.45, 7) is 26.7. The summed E-state index contributed by atoms with van der Waals surface area (Å²) in [5, 5.41) is 66.2. The van der Waals surface area contributed by atoms with Crippen LogP contribution in [0.5, 0.6) is 5.75 Å². The summed E-state index contributed by atoms with van der Waals surface area (Å²) < 4.78 is 140. The van der Waals surface area contributed by atoms with Crippen molar-refractivity contribution in [3.05, 3.63) is 317 Å². The van der Waals surface area contributed by atoms with E-state index in [9.17, 15) is 68.0 Å². The summed E-state index contributed by atoms with van der Waals surface area (Å²) in [4.78, 5) is 61.0. The van der Waals surface area contributed by atoms with Gasteiger partial charge in [0.1, 0.15) is 41.1 Å². The van der Waals surface area contributed by atoms with Crippen LogP contribution in [0.4, 0.5) is 68.0 Å². The summed E-state index contributed by atoms with van der Waals surface area (Å²) in [6.07, 6.45) is -10.5. The molecular weight excluding hydrogens is 1870 g/mol. The van der Waals surface area contributed by atoms with Crippen LogP contribution >= 0.6 is 47.6 Å². The van der Waals surface area contributed by atoms with Crippen LogP contribution in [0.25, 0.3) is 5.69 Å². The number of aliphatic hydroxyl groups is 1. The van der Waals surface area contributed by atoms with Gasteiger partial charge in [-0.3, -0.25) is 33.2 Å². The molecule has 0 radical (unpaired) electrons. The van der Waals surface area contributed by atoms with E-state index in [-0.39, 0.29) is 62.1 Å². The highest BCUT2D eigenvalue weighted by molar-refractivity contribution is 7.85. The van der Waals surface area contributed by atoms with E-state index in [1.54, 1.807) is 90.4 Å². The first-order valence-corrected chi connectivity index (χ1v) is 45.3. The molecule has 4 amide bonds. The Morgan fingerprint density at radius 1 is 0.540 bits per heavy atom. The molecule has 2 unspecified atom stereocenters. The molecule has 4 aliphatic rings. The molecule has 2 aliphatic heterocycles. The number of benzene rings is 9. The lowest BCUT2D eigenvalue weighted by atomic mass is 9.49. The number of pyridine rings is 1. The summed E-state index contributed by atoms with van der Waals surface area (Å²) >= 11 is 23.3. The van der Waals surface area contributed by atoms with Gasteiger partial charge in [-0.25, -0.2) is 9.67 Å². The molecule has 1 spiro atoms. The second-order valence-corrected chi connectivity index (χ2v) is 38.2. The first-order chi connectivity index (χ1) is 64.2. The number of amides is 4. The van der Waals surface area contributed by atoms with Crippen molar-refractivity contribution in [1.82, 2.24) is 20.1 Å². The minimum atomic E-state index is -4.78. The van der Waals surface area contributed by atoms with Crippen molar-refractivity contribution >= 4 is 121 Å². The van der Waals surface area contributed by atoms with Crippen LogP contribution in [0.2, 0.25) is 10.0 Å². The number of hydrogen-bond acceptors (Lipinski definition) is 16. The number of carbonyl (C=O) groups excluding carboxylic acids is 4. The Morgan fingerprint density at radius 3 is 1.47 bits per heavy atom. The summed E-state index contributed by atoms with van der Waals surface area (Å²) in [5.74, 6) is -1.72. The Kier molecular flexibility index (Phi) is 31.1. The van der Waals surface area contributed by atoms with Gasteiger partial charge in [-0.05, 0) is 240 Å². The average molecular weight is 1960 g/mol. The Balaban J connectivity index is 0.000000165. The van der Waals surface area contributed by atoms with E-state index in [2.05, 4.69) is 92.6 Å². The maximum Gasteiger partial charge on any atom is 0.419 e. The van der Waals surface area contributed by atoms with Crippen LogP contribution in [0.15, 0.2) is 211 Å². The number of aromatic nitrogens is 3. The fraction of sp³-hybridized carbons (Fsp3) is 0.284. The van der Waals surface area contributed by atoms with Gasteiger partial charge < -0.3 is 30.3 Å². The molecule has 4 heterocycles. The Hall–Kier alpha value is -13.7. The predicted molar refractivity (Wildman–Crippen MR) is 513 cm³/mol. The minimum Gasteiger partial charge on any atom is -0.489 e. The lowest BCUT2D eigenvalue weighted by Crippen LogP contribution is -2.74. The third-order valence-corrected chi connectivity index (χ3v) is 26.9. The van der Waals surface area contributed by atoms with Crippen LogP contribution in [0.3, 0.4) is 0 Å². The third-order valence-electron chi connectivity index (χ3n) is 24.0. The first kappa shape index (κ1) is 104. The predicted octanol–water partition coefficient (Wildman–Crippen LogP) is 22.6. The number of rotatable bonds is 16. The van der Waals surface area contributed by atoms with Crippen molar-refractivity contribution in [1.29, 1.82) is 26.3 Å². The van der Waals surface area contributed by atoms with E-state index in [0.29, 0.717) is 67.7 Å². The molecule has 2 atom stereocenters. The number of thiocarbonyl (C=S) groups is 2. The molecule has 2 saturated heterocycles. The fourth-order valence-corrected chi connectivity index (χ4v) is 19.3. The number of nitriles is 5. The van der Waals surface area contributed by atoms with Crippen molar-refractivity contribution in [2.75, 3.05) is 30.7 Å². The van der Waals surface area contributed by atoms with Crippen LogP contribution in [-0.2, 0) is 50.1 Å². The third kappa shape index (κ3) is 22.5. The molecule has 15 rings (SSSR count). The summed E-state index contributed by atoms with van der Waals surface area (Å²) in [5.41, 5.74) is 3.48. The largest absolute Gasteiger partial charge is 0.489 e. The molecule has 137 heavy (non-hydrogen) atoms. The summed E-state index contributed by atoms with van der Waals surface area (Å²) in [7, 11) is -1.70. The molecule has 9 aromatic carbocycles. The average Bonchev–Trinajstić information content (AvgIpc) is 1.13. The van der Waals surface area contributed by atoms with Crippen molar-refractivity contribution in [2.45, 2.75) is 175 Å². The Labute approximate surface area is 809 Å². The van der Waals surface area contributed by atoms with E-state index in [0.717, 1.165) is 105 Å². The van der Waals surface area contributed by atoms with Crippen molar-refractivity contribution in [3.8, 4) is 41.8 Å². The monoisotopic (exact) mass is 1960 g/mol. The van der Waals surface area contributed by atoms with Gasteiger partial charge in [0.05, 0.1) is 107 Å². The van der Waals surface area contributed by atoms with Crippen molar-refractivity contribution in [2.24, 2.45) is 10.8 Å². The molecule has 3 N–H and O–H groups in total. The number of aryl methyl sites for hydroxylation is 6. The van der Waals surface area contributed by atoms with Crippen LogP contribution in [-0.4, -0.2) is 92.5 Å². The number of carbonyl (C=O) groups is 4. The van der Waals surface area contributed by atoms with Crippen LogP contribution in [0.1, 0.15) is 173 Å². The number of nitrogens with zero attached hydrogens (tertiary/aromatic N) is 12. The lowest BCUT2D eigenvalue weighted by molar-refractivity contribution is -0.164. The molecule has 11 aromatic rings. The van der Waals surface area contributed by atoms with E-state index < -0.39 is 97.1 Å². The normalized spacial score (nSPS) is 16.5. The molecule has 706 valence electrons. The minimum absolute atomic E-state index is 0.0241. The number of nitrogens with one attached hydrogen (secondary N) is 2. The summed E-state index contributed by atoms with van der Waals surface area (Å²) in [6, 6.07) is 63.2. The van der Waals surface area contributed by atoms with Gasteiger partial charge in [0, 0.05) is 68.1 Å². The lowest BCUT2D eigenvalue weighted by Gasteiger charge is -2.63. The zero-order valence-corrected chi connectivity index (χ0v) is 80.4. The molecule has 2 saturated carbocycles. The number of anilines is 5. The van der Waals surface area contributed by atoms with Gasteiger partial charge in [0.2, 0.25) is 0 Å². The highest BCUT2D eigenvalue weighted by Gasteiger charge is 2.65. The molecule has 4 fully saturated rings. The number of halogens is 11. The molecule has 2 aromatic heterocycles. The number of ether oxygens (including phenoxy) is 1. The maximum atomic E-state index is 13.4. The fourth-order valence-electron chi connectivity index (χ4n) is 16.6. The zero-order chi connectivity index (χ0) is 101. The SMILES string of the molecule is Cc1ccc(C(=O)NC2C(C)(C)C(Oc3ccc(C#N)c(Cl)c3)C2(C)C)cc1.Cc1ccc(Cc2c(C)nn(-c3ccc(C#N)c(Cl)c3)c2C)cc1.Cc1ccc(N2C(=S)N(c3ccc(C#N)c(C(F)(F)F)c3)C(=O)C2(C)C)cc1.Cc1ccc(N2C(=S)N(c3cnc(C#N)c(C(F)(F)F)c3)C(=O)C23CCC3)cc1.Cc1ccc(S(=O)CC(C)(O)C(=O)Nc2ccc(C#N)c(C(F)(F)F)c2)cc1. The van der Waals surface area contributed by atoms with Gasteiger partial charge in [0.25, 0.3) is 23.6 Å². The quantitative estimate of drug-likeness (QED) is 0.0598. The standard InChI is InChI=1S/C23H25ClN2O2.C20H18ClN3.C20H15F3N4OS.C20H16F3N3OS.C19H17F3N2O3S/c1-14-6-8-15(9-7-14)19(27)26-20-22(2,3)21(23(20,4)5)28-17-11-10-16(13-25)18(24)12-17;1-13-4-6-16(7-5-13)10-19-14(2)23-24(15(19)3)18-9-8-17(12-22)20(21)11-18;1-12-3-5-13(6-4-12)27-18(29)26(17(28)19(27)7-2-8-19)14-9-15(20(21,22)23)16(10-24)25-11-14;1-12-4-7-14(8-5-12)26-18(28)25(17(27)19(26,2)3)15-9-6-13(11-24)16(10-15)20(21,22)23;1-12-3-7-15(8-4-12)28(27)11-18(2,26)17(25)24-14-6-5-13(10-23)16(9-14)19(20,21)22/h6-12,20-21H,1-5H3,(H,26,27);4-9,11H,10H2,1-3H3;3-6,9,11H,2,7-8H2,1H3;4-10H,1-3H3;3-9,26H,11H2,1-2H3,(H,24,25). The van der Waals surface area contributed by atoms with E-state index in [1.165, 1.54) is 41.0 Å². The van der Waals surface area contributed by atoms with E-state index in [1.807, 2.05) is 112 Å². The van der Waals surface area contributed by atoms with Gasteiger partial charge >= 0.3 is 18.5 Å². The van der Waals surface area contributed by atoms with Gasteiger partial charge in [-0.1, -0.05) is 152 Å². The van der Waals surface area contributed by atoms with E-state index in [4.69, 9.17) is 78.7 Å². The Morgan fingerprint density at radius 2 is 0.978 bits per heavy atom. The molecule has 2 aliphatic carbocycles. The highest BCUT2D eigenvalue weighted by Crippen LogP contribution is 2.56. The van der Waals surface area contributed by atoms with Crippen molar-refractivity contribution < 1.29 is 72.7 Å². The van der Waals surface area contributed by atoms with E-state index >= 15 is 0 Å². The molecule has 21 nitrogen and oxygen atoms in total. The molecular formula is C102H91Cl2F9N14O7S3. The maximum absolute atomic E-state index is 13.4. The zero-order valence-electron chi connectivity index (χ0n) is 76.5. The smallest absolute Gasteiger partial charge is 0.419 e. The topological polar surface area (TPSA) is 301 Å². The van der Waals surface area contributed by atoms with Crippen molar-refractivity contribution in [3.63, 3.8) is 0 Å². The van der Waals surface area contributed by atoms with Gasteiger partial charge in [-0.15, -0.1) is 0 Å². The van der Waals surface area contributed by atoms with Gasteiger partial charge in [0.15, 0.2) is 21.5 Å². The first-order valence-electron chi connectivity index (χ1n) is 42.4.